The predicted molar refractivity (Wildman–Crippen MR) is 79.1 cm³/mol. The van der Waals surface area contributed by atoms with Crippen LogP contribution < -0.4 is 10.6 Å². The van der Waals surface area contributed by atoms with Gasteiger partial charge in [-0.2, -0.15) is 0 Å². The average molecular weight is 314 g/mol. The Hall–Kier alpha value is -2.18. The van der Waals surface area contributed by atoms with Crippen molar-refractivity contribution in [1.29, 1.82) is 0 Å². The molecule has 122 valence electrons. The number of alkyl halides is 2. The van der Waals surface area contributed by atoms with Gasteiger partial charge in [0.05, 0.1) is 5.69 Å². The smallest absolute Gasteiger partial charge is 0.319 e. The minimum Gasteiger partial charge on any atom is -0.481 e. The first kappa shape index (κ1) is 17.9. The average Bonchev–Trinajstić information content (AvgIpc) is 2.35. The largest absolute Gasteiger partial charge is 0.481 e. The van der Waals surface area contributed by atoms with E-state index in [2.05, 4.69) is 10.6 Å². The number of benzene rings is 1. The molecule has 0 bridgehead atoms. The van der Waals surface area contributed by atoms with E-state index < -0.39 is 23.5 Å². The second kappa shape index (κ2) is 6.72. The molecule has 0 aliphatic heterocycles. The fraction of sp³-hybridized carbons (Fsp3) is 0.467. The van der Waals surface area contributed by atoms with Crippen LogP contribution in [-0.4, -0.2) is 22.6 Å². The molecule has 0 heterocycles. The number of hydrogen-bond acceptors (Lipinski definition) is 2. The van der Waals surface area contributed by atoms with Crippen LogP contribution in [0.3, 0.4) is 0 Å². The molecule has 1 aromatic rings. The highest BCUT2D eigenvalue weighted by atomic mass is 19.3. The fourth-order valence-corrected chi connectivity index (χ4v) is 1.92. The molecular weight excluding hydrogens is 294 g/mol. The fourth-order valence-electron chi connectivity index (χ4n) is 1.92. The predicted octanol–water partition coefficient (Wildman–Crippen LogP) is 3.56. The van der Waals surface area contributed by atoms with E-state index in [0.29, 0.717) is 0 Å². The number of carbonyl (C=O) groups is 2. The van der Waals surface area contributed by atoms with Gasteiger partial charge in [-0.15, -0.1) is 0 Å². The van der Waals surface area contributed by atoms with Gasteiger partial charge in [0.25, 0.3) is 5.92 Å². The molecule has 1 aromatic carbocycles. The second-order valence-corrected chi connectivity index (χ2v) is 5.79. The number of nitrogens with one attached hydrogen (secondary N) is 2. The van der Waals surface area contributed by atoms with Crippen molar-refractivity contribution in [2.24, 2.45) is 0 Å². The molecule has 0 unspecified atom stereocenters. The maximum absolute atomic E-state index is 13.5. The Morgan fingerprint density at radius 2 is 1.77 bits per heavy atom. The van der Waals surface area contributed by atoms with Gasteiger partial charge >= 0.3 is 12.0 Å². The highest BCUT2D eigenvalue weighted by Gasteiger charge is 2.28. The lowest BCUT2D eigenvalue weighted by Gasteiger charge is -2.26. The highest BCUT2D eigenvalue weighted by molar-refractivity contribution is 5.90. The molecule has 0 radical (unpaired) electrons. The van der Waals surface area contributed by atoms with E-state index in [1.165, 1.54) is 18.2 Å². The number of carbonyl (C=O) groups excluding carboxylic acids is 1. The van der Waals surface area contributed by atoms with E-state index in [9.17, 15) is 18.4 Å². The molecule has 0 spiro atoms. The normalized spacial score (nSPS) is 11.9. The van der Waals surface area contributed by atoms with Crippen molar-refractivity contribution in [3.63, 3.8) is 0 Å². The third-order valence-electron chi connectivity index (χ3n) is 3.06. The summed E-state index contributed by atoms with van der Waals surface area (Å²) in [5, 5.41) is 13.6. The summed E-state index contributed by atoms with van der Waals surface area (Å²) in [6.07, 6.45) is 0.123. The van der Waals surface area contributed by atoms with Gasteiger partial charge in [0.2, 0.25) is 0 Å². The van der Waals surface area contributed by atoms with Crippen molar-refractivity contribution in [2.75, 3.05) is 5.32 Å². The van der Waals surface area contributed by atoms with Crippen molar-refractivity contribution in [3.05, 3.63) is 29.8 Å². The lowest BCUT2D eigenvalue weighted by molar-refractivity contribution is -0.137. The van der Waals surface area contributed by atoms with Crippen LogP contribution in [0.25, 0.3) is 0 Å². The zero-order valence-corrected chi connectivity index (χ0v) is 12.7. The first-order valence-electron chi connectivity index (χ1n) is 6.79. The van der Waals surface area contributed by atoms with Gasteiger partial charge in [0.15, 0.2) is 0 Å². The van der Waals surface area contributed by atoms with E-state index in [0.717, 1.165) is 6.92 Å². The molecule has 5 nitrogen and oxygen atoms in total. The third kappa shape index (κ3) is 5.67. The van der Waals surface area contributed by atoms with E-state index in [-0.39, 0.29) is 24.1 Å². The summed E-state index contributed by atoms with van der Waals surface area (Å²) < 4.78 is 27.0. The maximum atomic E-state index is 13.5. The van der Waals surface area contributed by atoms with Gasteiger partial charge in [-0.3, -0.25) is 4.79 Å². The van der Waals surface area contributed by atoms with Gasteiger partial charge in [0.1, 0.15) is 0 Å². The minimum atomic E-state index is -3.08. The first-order chi connectivity index (χ1) is 10.0. The molecule has 0 aromatic heterocycles. The summed E-state index contributed by atoms with van der Waals surface area (Å²) >= 11 is 0. The molecule has 1 rings (SSSR count). The molecule has 3 N–H and O–H groups in total. The van der Waals surface area contributed by atoms with E-state index in [4.69, 9.17) is 5.11 Å². The second-order valence-electron chi connectivity index (χ2n) is 5.79. The molecule has 0 aliphatic rings. The number of carboxylic acids is 1. The Kier molecular flexibility index (Phi) is 5.46. The van der Waals surface area contributed by atoms with Crippen molar-refractivity contribution in [3.8, 4) is 0 Å². The van der Waals surface area contributed by atoms with Gasteiger partial charge in [-0.1, -0.05) is 18.2 Å². The lowest BCUT2D eigenvalue weighted by atomic mass is 9.99. The van der Waals surface area contributed by atoms with E-state index >= 15 is 0 Å². The van der Waals surface area contributed by atoms with Crippen LogP contribution in [0, 0.1) is 0 Å². The van der Waals surface area contributed by atoms with Crippen LogP contribution in [-0.2, 0) is 10.7 Å². The standard InChI is InChI=1S/C15H20F2N2O3/c1-14(2,9-8-12(20)21)19-13(22)18-11-7-5-4-6-10(11)15(3,16)17/h4-7H,8-9H2,1-3H3,(H,20,21)(H2,18,19,22). The zero-order valence-electron chi connectivity index (χ0n) is 12.7. The SMILES string of the molecule is CC(C)(CCC(=O)O)NC(=O)Nc1ccccc1C(C)(F)F. The molecule has 22 heavy (non-hydrogen) atoms. The maximum Gasteiger partial charge on any atom is 0.319 e. The van der Waals surface area contributed by atoms with E-state index in [1.54, 1.807) is 19.9 Å². The van der Waals surface area contributed by atoms with Crippen LogP contribution in [0.2, 0.25) is 0 Å². The number of carboxylic acid groups (broad SMARTS) is 1. The van der Waals surface area contributed by atoms with Gasteiger partial charge < -0.3 is 15.7 Å². The third-order valence-corrected chi connectivity index (χ3v) is 3.06. The number of para-hydroxylation sites is 1. The van der Waals surface area contributed by atoms with E-state index in [1.807, 2.05) is 0 Å². The van der Waals surface area contributed by atoms with Gasteiger partial charge in [0, 0.05) is 24.4 Å². The Morgan fingerprint density at radius 1 is 1.18 bits per heavy atom. The van der Waals surface area contributed by atoms with Crippen molar-refractivity contribution < 1.29 is 23.5 Å². The number of halogens is 2. The van der Waals surface area contributed by atoms with Crippen LogP contribution in [0.1, 0.15) is 39.2 Å². The van der Waals surface area contributed by atoms with Gasteiger partial charge in [-0.05, 0) is 26.3 Å². The summed E-state index contributed by atoms with van der Waals surface area (Å²) in [7, 11) is 0. The molecular formula is C15H20F2N2O3. The molecule has 0 fully saturated rings. The Bertz CT molecular complexity index is 554. The van der Waals surface area contributed by atoms with Crippen LogP contribution in [0.5, 0.6) is 0 Å². The zero-order chi connectivity index (χ0) is 17.0. The Balaban J connectivity index is 2.76. The number of urea groups is 1. The summed E-state index contributed by atoms with van der Waals surface area (Å²) in [6, 6.07) is 4.97. The lowest BCUT2D eigenvalue weighted by Crippen LogP contribution is -2.46. The minimum absolute atomic E-state index is 0.0153. The number of rotatable bonds is 6. The number of anilines is 1. The molecule has 0 aliphatic carbocycles. The van der Waals surface area contributed by atoms with Crippen LogP contribution in [0.15, 0.2) is 24.3 Å². The number of amides is 2. The Labute approximate surface area is 127 Å². The molecule has 0 saturated carbocycles. The summed E-state index contributed by atoms with van der Waals surface area (Å²) in [5.74, 6) is -4.05. The summed E-state index contributed by atoms with van der Waals surface area (Å²) in [6.45, 7) is 4.08. The monoisotopic (exact) mass is 314 g/mol. The van der Waals surface area contributed by atoms with Crippen molar-refractivity contribution in [2.45, 2.75) is 45.1 Å². The van der Waals surface area contributed by atoms with Crippen molar-refractivity contribution >= 4 is 17.7 Å². The molecule has 0 atom stereocenters. The number of hydrogen-bond donors (Lipinski definition) is 3. The first-order valence-corrected chi connectivity index (χ1v) is 6.79. The Morgan fingerprint density at radius 3 is 2.32 bits per heavy atom. The molecule has 2 amide bonds. The van der Waals surface area contributed by atoms with Crippen LogP contribution in [0.4, 0.5) is 19.3 Å². The molecule has 0 saturated heterocycles. The van der Waals surface area contributed by atoms with Gasteiger partial charge in [-0.25, -0.2) is 13.6 Å². The topological polar surface area (TPSA) is 78.4 Å². The van der Waals surface area contributed by atoms with Crippen molar-refractivity contribution in [1.82, 2.24) is 5.32 Å². The highest BCUT2D eigenvalue weighted by Crippen LogP contribution is 2.32. The number of aliphatic carboxylic acids is 1. The summed E-state index contributed by atoms with van der Waals surface area (Å²) in [5.41, 5.74) is -1.04. The van der Waals surface area contributed by atoms with Crippen LogP contribution >= 0.6 is 0 Å². The quantitative estimate of drug-likeness (QED) is 0.751. The summed E-state index contributed by atoms with van der Waals surface area (Å²) in [4.78, 5) is 22.5. The molecule has 7 heteroatoms.